The van der Waals surface area contributed by atoms with Gasteiger partial charge in [0.05, 0.1) is 0 Å². The van der Waals surface area contributed by atoms with Gasteiger partial charge in [0.2, 0.25) is 5.91 Å². The van der Waals surface area contributed by atoms with Gasteiger partial charge in [-0.3, -0.25) is 9.69 Å². The van der Waals surface area contributed by atoms with E-state index >= 15 is 0 Å². The Morgan fingerprint density at radius 1 is 1.14 bits per heavy atom. The lowest BCUT2D eigenvalue weighted by Gasteiger charge is -2.29. The number of likely N-dealkylation sites (N-methyl/N-ethyl adjacent to an activating group) is 1. The summed E-state index contributed by atoms with van der Waals surface area (Å²) in [4.78, 5) is 17.2. The van der Waals surface area contributed by atoms with Gasteiger partial charge in [0.1, 0.15) is 0 Å². The molecule has 3 fully saturated rings. The lowest BCUT2D eigenvalue weighted by molar-refractivity contribution is -0.131. The molecule has 2 heterocycles. The molecule has 0 radical (unpaired) electrons. The number of likely N-dealkylation sites (tertiary alicyclic amines) is 1. The zero-order valence-corrected chi connectivity index (χ0v) is 13.5. The monoisotopic (exact) mass is 293 g/mol. The van der Waals surface area contributed by atoms with Crippen molar-refractivity contribution in [3.63, 3.8) is 0 Å². The van der Waals surface area contributed by atoms with Crippen LogP contribution >= 0.6 is 0 Å². The molecule has 2 aliphatic heterocycles. The number of nitrogens with two attached hydrogens (primary N) is 1. The molecule has 3 rings (SSSR count). The SMILES string of the molecule is CN1C2CCC1CN(C(=O)CCC1CCCC(N)C1)CC2. The fraction of sp³-hybridized carbons (Fsp3) is 0.941. The number of hydrogen-bond donors (Lipinski definition) is 1. The zero-order valence-electron chi connectivity index (χ0n) is 13.5. The van der Waals surface area contributed by atoms with E-state index in [4.69, 9.17) is 5.73 Å². The highest BCUT2D eigenvalue weighted by molar-refractivity contribution is 5.76. The molecule has 2 N–H and O–H groups in total. The fourth-order valence-corrected chi connectivity index (χ4v) is 4.62. The Morgan fingerprint density at radius 2 is 1.95 bits per heavy atom. The van der Waals surface area contributed by atoms with Crippen LogP contribution in [-0.2, 0) is 4.79 Å². The lowest BCUT2D eigenvalue weighted by Crippen LogP contribution is -2.39. The van der Waals surface area contributed by atoms with Crippen molar-refractivity contribution in [2.24, 2.45) is 11.7 Å². The van der Waals surface area contributed by atoms with Gasteiger partial charge in [-0.1, -0.05) is 12.8 Å². The van der Waals surface area contributed by atoms with Crippen LogP contribution < -0.4 is 5.73 Å². The van der Waals surface area contributed by atoms with Gasteiger partial charge in [-0.05, 0) is 51.5 Å². The van der Waals surface area contributed by atoms with E-state index < -0.39 is 0 Å². The van der Waals surface area contributed by atoms with Crippen molar-refractivity contribution in [1.29, 1.82) is 0 Å². The predicted octanol–water partition coefficient (Wildman–Crippen LogP) is 1.98. The Bertz CT molecular complexity index is 373. The maximum absolute atomic E-state index is 12.5. The normalized spacial score (nSPS) is 37.5. The maximum atomic E-state index is 12.5. The molecule has 2 saturated heterocycles. The van der Waals surface area contributed by atoms with Gasteiger partial charge >= 0.3 is 0 Å². The van der Waals surface area contributed by atoms with Crippen LogP contribution in [0.25, 0.3) is 0 Å². The van der Waals surface area contributed by atoms with E-state index in [2.05, 4.69) is 16.8 Å². The molecule has 4 heteroatoms. The molecule has 0 aromatic rings. The molecule has 1 aliphatic carbocycles. The minimum atomic E-state index is 0.376. The molecule has 4 unspecified atom stereocenters. The van der Waals surface area contributed by atoms with Crippen LogP contribution in [0, 0.1) is 5.92 Å². The molecule has 1 amide bonds. The summed E-state index contributed by atoms with van der Waals surface area (Å²) in [6.07, 6.45) is 10.4. The Balaban J connectivity index is 1.47. The quantitative estimate of drug-likeness (QED) is 0.865. The molecule has 0 spiro atoms. The first-order valence-electron chi connectivity index (χ1n) is 8.88. The maximum Gasteiger partial charge on any atom is 0.222 e. The van der Waals surface area contributed by atoms with E-state index in [9.17, 15) is 4.79 Å². The number of nitrogens with zero attached hydrogens (tertiary/aromatic N) is 2. The topological polar surface area (TPSA) is 49.6 Å². The van der Waals surface area contributed by atoms with Crippen molar-refractivity contribution < 1.29 is 4.79 Å². The third-order valence-electron chi connectivity index (χ3n) is 6.09. The average molecular weight is 293 g/mol. The third-order valence-corrected chi connectivity index (χ3v) is 6.09. The van der Waals surface area contributed by atoms with Crippen molar-refractivity contribution in [1.82, 2.24) is 9.80 Å². The number of hydrogen-bond acceptors (Lipinski definition) is 3. The highest BCUT2D eigenvalue weighted by Crippen LogP contribution is 2.30. The molecule has 0 aromatic heterocycles. The molecule has 4 atom stereocenters. The minimum Gasteiger partial charge on any atom is -0.341 e. The van der Waals surface area contributed by atoms with Crippen LogP contribution in [0.4, 0.5) is 0 Å². The van der Waals surface area contributed by atoms with Crippen molar-refractivity contribution >= 4 is 5.91 Å². The summed E-state index contributed by atoms with van der Waals surface area (Å²) in [5.74, 6) is 1.07. The van der Waals surface area contributed by atoms with E-state index in [0.717, 1.165) is 38.8 Å². The van der Waals surface area contributed by atoms with E-state index in [1.807, 2.05) is 0 Å². The number of carbonyl (C=O) groups excluding carboxylic acids is 1. The summed E-state index contributed by atoms with van der Waals surface area (Å²) in [5, 5.41) is 0. The van der Waals surface area contributed by atoms with Crippen LogP contribution in [0.2, 0.25) is 0 Å². The van der Waals surface area contributed by atoms with Gasteiger partial charge in [0, 0.05) is 37.6 Å². The van der Waals surface area contributed by atoms with Crippen LogP contribution in [-0.4, -0.2) is 54.0 Å². The first-order valence-corrected chi connectivity index (χ1v) is 8.88. The predicted molar refractivity (Wildman–Crippen MR) is 84.9 cm³/mol. The highest BCUT2D eigenvalue weighted by atomic mass is 16.2. The Kier molecular flexibility index (Phi) is 4.85. The molecule has 2 bridgehead atoms. The molecular formula is C17H31N3O. The summed E-state index contributed by atoms with van der Waals surface area (Å²) in [6, 6.07) is 1.69. The molecule has 0 aromatic carbocycles. The van der Waals surface area contributed by atoms with Gasteiger partial charge in [0.25, 0.3) is 0 Å². The molecule has 120 valence electrons. The Labute approximate surface area is 129 Å². The van der Waals surface area contributed by atoms with E-state index in [-0.39, 0.29) is 0 Å². The second-order valence-electron chi connectivity index (χ2n) is 7.51. The van der Waals surface area contributed by atoms with E-state index in [0.29, 0.717) is 30.0 Å². The minimum absolute atomic E-state index is 0.376. The first-order chi connectivity index (χ1) is 10.1. The lowest BCUT2D eigenvalue weighted by atomic mass is 9.83. The number of amides is 1. The van der Waals surface area contributed by atoms with Gasteiger partial charge in [-0.25, -0.2) is 0 Å². The first kappa shape index (κ1) is 15.3. The van der Waals surface area contributed by atoms with Crippen molar-refractivity contribution in [3.8, 4) is 0 Å². The molecule has 21 heavy (non-hydrogen) atoms. The summed E-state index contributed by atoms with van der Waals surface area (Å²) in [5.41, 5.74) is 6.05. The second kappa shape index (κ2) is 6.66. The summed E-state index contributed by atoms with van der Waals surface area (Å²) < 4.78 is 0. The third kappa shape index (κ3) is 3.59. The molecule has 1 saturated carbocycles. The van der Waals surface area contributed by atoms with E-state index in [1.54, 1.807) is 0 Å². The van der Waals surface area contributed by atoms with Gasteiger partial charge in [-0.2, -0.15) is 0 Å². The standard InChI is InChI=1S/C17H31N3O/c1-19-15-6-7-16(19)12-20(10-9-15)17(21)8-5-13-3-2-4-14(18)11-13/h13-16H,2-12,18H2,1H3. The summed E-state index contributed by atoms with van der Waals surface area (Å²) in [6.45, 7) is 1.92. The number of fused-ring (bicyclic) bond motifs is 2. The molecule has 3 aliphatic rings. The van der Waals surface area contributed by atoms with Gasteiger partial charge in [0.15, 0.2) is 0 Å². The zero-order chi connectivity index (χ0) is 14.8. The second-order valence-corrected chi connectivity index (χ2v) is 7.51. The highest BCUT2D eigenvalue weighted by Gasteiger charge is 2.35. The van der Waals surface area contributed by atoms with Crippen molar-refractivity contribution in [2.45, 2.75) is 75.9 Å². The van der Waals surface area contributed by atoms with Gasteiger partial charge < -0.3 is 10.6 Å². The van der Waals surface area contributed by atoms with Crippen LogP contribution in [0.15, 0.2) is 0 Å². The summed E-state index contributed by atoms with van der Waals surface area (Å²) in [7, 11) is 2.24. The number of carbonyl (C=O) groups is 1. The molecular weight excluding hydrogens is 262 g/mol. The van der Waals surface area contributed by atoms with Gasteiger partial charge in [-0.15, -0.1) is 0 Å². The van der Waals surface area contributed by atoms with Crippen LogP contribution in [0.3, 0.4) is 0 Å². The van der Waals surface area contributed by atoms with Crippen LogP contribution in [0.1, 0.15) is 57.8 Å². The number of rotatable bonds is 3. The van der Waals surface area contributed by atoms with Crippen molar-refractivity contribution in [3.05, 3.63) is 0 Å². The smallest absolute Gasteiger partial charge is 0.222 e. The summed E-state index contributed by atoms with van der Waals surface area (Å²) >= 11 is 0. The van der Waals surface area contributed by atoms with E-state index in [1.165, 1.54) is 32.1 Å². The largest absolute Gasteiger partial charge is 0.341 e. The van der Waals surface area contributed by atoms with Crippen molar-refractivity contribution in [2.75, 3.05) is 20.1 Å². The molecule has 4 nitrogen and oxygen atoms in total. The van der Waals surface area contributed by atoms with Crippen LogP contribution in [0.5, 0.6) is 0 Å². The Hall–Kier alpha value is -0.610. The Morgan fingerprint density at radius 3 is 2.76 bits per heavy atom. The fourth-order valence-electron chi connectivity index (χ4n) is 4.62. The average Bonchev–Trinajstić information content (AvgIpc) is 2.70.